The van der Waals surface area contributed by atoms with E-state index in [2.05, 4.69) is 20.5 Å². The van der Waals surface area contributed by atoms with E-state index >= 15 is 0 Å². The first-order valence-electron chi connectivity index (χ1n) is 4.08. The van der Waals surface area contributed by atoms with E-state index in [1.165, 1.54) is 17.7 Å². The van der Waals surface area contributed by atoms with Crippen LogP contribution in [0.5, 0.6) is 0 Å². The fourth-order valence-electron chi connectivity index (χ4n) is 1.30. The number of thiophene rings is 1. The zero-order valence-corrected chi connectivity index (χ0v) is 9.06. The number of halogens is 1. The fourth-order valence-corrected chi connectivity index (χ4v) is 2.29. The number of H-pyrrole nitrogens is 1. The molecule has 0 aliphatic rings. The van der Waals surface area contributed by atoms with E-state index in [1.54, 1.807) is 0 Å². The van der Waals surface area contributed by atoms with Gasteiger partial charge in [-0.3, -0.25) is 5.10 Å². The summed E-state index contributed by atoms with van der Waals surface area (Å²) in [4.78, 5) is 4.10. The highest BCUT2D eigenvalue weighted by Crippen LogP contribution is 2.30. The summed E-state index contributed by atoms with van der Waals surface area (Å²) in [7, 11) is 1.86. The average molecular weight is 229 g/mol. The Morgan fingerprint density at radius 1 is 1.64 bits per heavy atom. The van der Waals surface area contributed by atoms with Gasteiger partial charge in [0, 0.05) is 5.56 Å². The highest BCUT2D eigenvalue weighted by Gasteiger charge is 2.18. The second-order valence-corrected chi connectivity index (χ2v) is 4.26. The van der Waals surface area contributed by atoms with Crippen LogP contribution in [0.2, 0.25) is 4.34 Å². The quantitative estimate of drug-likeness (QED) is 0.843. The molecule has 1 atom stereocenters. The van der Waals surface area contributed by atoms with Crippen molar-refractivity contribution in [3.05, 3.63) is 33.5 Å². The first-order chi connectivity index (χ1) is 6.83. The molecule has 2 N–H and O–H groups in total. The van der Waals surface area contributed by atoms with Gasteiger partial charge in [-0.2, -0.15) is 5.10 Å². The summed E-state index contributed by atoms with van der Waals surface area (Å²) >= 11 is 7.56. The van der Waals surface area contributed by atoms with Crippen LogP contribution in [0.25, 0.3) is 0 Å². The standard InChI is InChI=1S/C8H9ClN4S/c1-10-6(8-11-4-12-13-8)5-2-3-14-7(5)9/h2-4,6,10H,1H3,(H,11,12,13). The van der Waals surface area contributed by atoms with E-state index in [1.807, 2.05) is 18.5 Å². The van der Waals surface area contributed by atoms with E-state index in [0.717, 1.165) is 15.7 Å². The van der Waals surface area contributed by atoms with Gasteiger partial charge in [-0.1, -0.05) is 11.6 Å². The maximum absolute atomic E-state index is 6.05. The molecule has 0 aromatic carbocycles. The van der Waals surface area contributed by atoms with Crippen LogP contribution in [0.15, 0.2) is 17.8 Å². The summed E-state index contributed by atoms with van der Waals surface area (Å²) in [5.41, 5.74) is 1.02. The van der Waals surface area contributed by atoms with Gasteiger partial charge in [0.05, 0.1) is 10.4 Å². The Kier molecular flexibility index (Phi) is 2.81. The summed E-state index contributed by atoms with van der Waals surface area (Å²) in [6.45, 7) is 0. The van der Waals surface area contributed by atoms with Gasteiger partial charge >= 0.3 is 0 Å². The SMILES string of the molecule is CNC(c1ncn[nH]1)c1ccsc1Cl. The van der Waals surface area contributed by atoms with Crippen LogP contribution in [0.3, 0.4) is 0 Å². The Morgan fingerprint density at radius 2 is 2.50 bits per heavy atom. The summed E-state index contributed by atoms with van der Waals surface area (Å²) in [5, 5.41) is 11.7. The number of nitrogens with one attached hydrogen (secondary N) is 2. The zero-order chi connectivity index (χ0) is 9.97. The second-order valence-electron chi connectivity index (χ2n) is 2.74. The summed E-state index contributed by atoms with van der Waals surface area (Å²) in [6, 6.07) is 1.97. The third-order valence-electron chi connectivity index (χ3n) is 1.95. The van der Waals surface area contributed by atoms with E-state index in [-0.39, 0.29) is 6.04 Å². The molecule has 0 aliphatic carbocycles. The third-order valence-corrected chi connectivity index (χ3v) is 3.15. The van der Waals surface area contributed by atoms with Gasteiger partial charge in [-0.05, 0) is 18.5 Å². The number of aromatic amines is 1. The topological polar surface area (TPSA) is 53.6 Å². The molecule has 0 amide bonds. The normalized spacial score (nSPS) is 13.0. The fraction of sp³-hybridized carbons (Fsp3) is 0.250. The summed E-state index contributed by atoms with van der Waals surface area (Å²) in [6.07, 6.45) is 1.49. The van der Waals surface area contributed by atoms with Crippen LogP contribution in [-0.4, -0.2) is 22.2 Å². The Balaban J connectivity index is 2.36. The lowest BCUT2D eigenvalue weighted by Crippen LogP contribution is -2.18. The average Bonchev–Trinajstić information content (AvgIpc) is 2.80. The Labute approximate surface area is 90.3 Å². The lowest BCUT2D eigenvalue weighted by atomic mass is 10.1. The minimum absolute atomic E-state index is 0.0174. The maximum atomic E-state index is 6.05. The molecule has 0 radical (unpaired) electrons. The smallest absolute Gasteiger partial charge is 0.146 e. The van der Waals surface area contributed by atoms with Gasteiger partial charge in [-0.15, -0.1) is 11.3 Å². The second kappa shape index (κ2) is 4.08. The maximum Gasteiger partial charge on any atom is 0.146 e. The molecule has 74 valence electrons. The largest absolute Gasteiger partial charge is 0.307 e. The monoisotopic (exact) mass is 228 g/mol. The van der Waals surface area contributed by atoms with Crippen molar-refractivity contribution < 1.29 is 0 Å². The van der Waals surface area contributed by atoms with Crippen LogP contribution in [-0.2, 0) is 0 Å². The summed E-state index contributed by atoms with van der Waals surface area (Å²) in [5.74, 6) is 0.771. The van der Waals surface area contributed by atoms with Gasteiger partial charge in [0.2, 0.25) is 0 Å². The van der Waals surface area contributed by atoms with Crippen LogP contribution < -0.4 is 5.32 Å². The van der Waals surface area contributed by atoms with Crippen LogP contribution in [0.1, 0.15) is 17.4 Å². The van der Waals surface area contributed by atoms with E-state index < -0.39 is 0 Å². The van der Waals surface area contributed by atoms with Gasteiger partial charge in [0.25, 0.3) is 0 Å². The number of aromatic nitrogens is 3. The van der Waals surface area contributed by atoms with Crippen molar-refractivity contribution in [2.75, 3.05) is 7.05 Å². The molecule has 2 rings (SSSR count). The molecule has 2 aromatic rings. The highest BCUT2D eigenvalue weighted by atomic mass is 35.5. The van der Waals surface area contributed by atoms with Crippen molar-refractivity contribution in [1.82, 2.24) is 20.5 Å². The van der Waals surface area contributed by atoms with Crippen LogP contribution in [0.4, 0.5) is 0 Å². The van der Waals surface area contributed by atoms with Crippen molar-refractivity contribution >= 4 is 22.9 Å². The summed E-state index contributed by atoms with van der Waals surface area (Å²) < 4.78 is 0.778. The molecule has 1 unspecified atom stereocenters. The van der Waals surface area contributed by atoms with Gasteiger partial charge in [0.15, 0.2) is 0 Å². The lowest BCUT2D eigenvalue weighted by Gasteiger charge is -2.11. The molecule has 0 aliphatic heterocycles. The first kappa shape index (κ1) is 9.64. The Hall–Kier alpha value is -0.910. The molecule has 4 nitrogen and oxygen atoms in total. The molecule has 0 spiro atoms. The molecule has 2 heterocycles. The highest BCUT2D eigenvalue weighted by molar-refractivity contribution is 7.14. The van der Waals surface area contributed by atoms with Gasteiger partial charge in [-0.25, -0.2) is 4.98 Å². The predicted molar refractivity (Wildman–Crippen MR) is 56.6 cm³/mol. The van der Waals surface area contributed by atoms with Crippen molar-refractivity contribution in [1.29, 1.82) is 0 Å². The minimum Gasteiger partial charge on any atom is -0.307 e. The molecule has 6 heteroatoms. The molecule has 0 bridgehead atoms. The molecule has 2 aromatic heterocycles. The molecule has 14 heavy (non-hydrogen) atoms. The number of nitrogens with zero attached hydrogens (tertiary/aromatic N) is 2. The molecular weight excluding hydrogens is 220 g/mol. The number of rotatable bonds is 3. The lowest BCUT2D eigenvalue weighted by molar-refractivity contribution is 0.652. The Morgan fingerprint density at radius 3 is 3.00 bits per heavy atom. The van der Waals surface area contributed by atoms with Crippen molar-refractivity contribution in [2.24, 2.45) is 0 Å². The number of hydrogen-bond donors (Lipinski definition) is 2. The van der Waals surface area contributed by atoms with E-state index in [0.29, 0.717) is 0 Å². The molecule has 0 saturated heterocycles. The van der Waals surface area contributed by atoms with Crippen LogP contribution >= 0.6 is 22.9 Å². The van der Waals surface area contributed by atoms with Gasteiger partial charge < -0.3 is 5.32 Å². The third kappa shape index (κ3) is 1.66. The molecule has 0 saturated carbocycles. The van der Waals surface area contributed by atoms with Crippen molar-refractivity contribution in [3.63, 3.8) is 0 Å². The molecule has 0 fully saturated rings. The predicted octanol–water partition coefficient (Wildman–Crippen LogP) is 1.83. The van der Waals surface area contributed by atoms with Crippen LogP contribution in [0, 0.1) is 0 Å². The zero-order valence-electron chi connectivity index (χ0n) is 7.49. The van der Waals surface area contributed by atoms with E-state index in [9.17, 15) is 0 Å². The van der Waals surface area contributed by atoms with E-state index in [4.69, 9.17) is 11.6 Å². The van der Waals surface area contributed by atoms with Crippen molar-refractivity contribution in [2.45, 2.75) is 6.04 Å². The minimum atomic E-state index is -0.0174. The Bertz CT molecular complexity index is 397. The number of hydrogen-bond acceptors (Lipinski definition) is 4. The first-order valence-corrected chi connectivity index (χ1v) is 5.34. The van der Waals surface area contributed by atoms with Crippen molar-refractivity contribution in [3.8, 4) is 0 Å². The van der Waals surface area contributed by atoms with Gasteiger partial charge in [0.1, 0.15) is 12.2 Å². The molecular formula is C8H9ClN4S.